The molecule has 0 fully saturated rings. The number of rotatable bonds is 26. The summed E-state index contributed by atoms with van der Waals surface area (Å²) in [6.45, 7) is 7.52. The van der Waals surface area contributed by atoms with Gasteiger partial charge in [0.05, 0.1) is 22.8 Å². The quantitative estimate of drug-likeness (QED) is 0.0392. The van der Waals surface area contributed by atoms with Crippen LogP contribution in [0, 0.1) is 0 Å². The summed E-state index contributed by atoms with van der Waals surface area (Å²) >= 11 is 1.80. The Morgan fingerprint density at radius 2 is 1.02 bits per heavy atom. The molecule has 0 saturated carbocycles. The molecule has 3 aromatic carbocycles. The van der Waals surface area contributed by atoms with Crippen molar-refractivity contribution < 1.29 is 19.1 Å². The number of carbonyl (C=O) groups is 2. The van der Waals surface area contributed by atoms with E-state index in [1.165, 1.54) is 104 Å². The van der Waals surface area contributed by atoms with Crippen LogP contribution < -0.4 is 14.4 Å². The van der Waals surface area contributed by atoms with Crippen molar-refractivity contribution in [3.8, 4) is 55.2 Å². The van der Waals surface area contributed by atoms with Crippen molar-refractivity contribution in [3.63, 3.8) is 0 Å². The Balaban J connectivity index is 1.17. The second-order valence-corrected chi connectivity index (χ2v) is 18.0. The highest BCUT2D eigenvalue weighted by molar-refractivity contribution is 7.19. The Hall–Kier alpha value is -6.45. The summed E-state index contributed by atoms with van der Waals surface area (Å²) in [4.78, 5) is 41.2. The highest BCUT2D eigenvalue weighted by Gasteiger charge is 2.18. The monoisotopic (exact) mass is 898 g/mol. The van der Waals surface area contributed by atoms with Crippen LogP contribution in [0.3, 0.4) is 0 Å². The summed E-state index contributed by atoms with van der Waals surface area (Å²) in [5.41, 5.74) is 11.8. The zero-order chi connectivity index (χ0) is 45.9. The van der Waals surface area contributed by atoms with Crippen molar-refractivity contribution in [3.05, 3.63) is 144 Å². The third-order valence-electron chi connectivity index (χ3n) is 12.0. The minimum atomic E-state index is 0.293. The molecule has 4 aromatic heterocycles. The summed E-state index contributed by atoms with van der Waals surface area (Å²) in [6, 6.07) is 40.3. The van der Waals surface area contributed by atoms with Crippen molar-refractivity contribution in [2.75, 3.05) is 4.90 Å². The summed E-state index contributed by atoms with van der Waals surface area (Å²) in [7, 11) is 0. The van der Waals surface area contributed by atoms with Crippen molar-refractivity contribution in [2.24, 2.45) is 0 Å². The number of aryl methyl sites for hydroxylation is 3. The van der Waals surface area contributed by atoms with Gasteiger partial charge in [-0.2, -0.15) is 0 Å². The number of nitrogens with zero attached hydrogens (tertiary/aromatic N) is 4. The van der Waals surface area contributed by atoms with Gasteiger partial charge in [0.1, 0.15) is 11.5 Å². The van der Waals surface area contributed by atoms with Gasteiger partial charge in [0.15, 0.2) is 0 Å². The fourth-order valence-electron chi connectivity index (χ4n) is 8.35. The topological polar surface area (TPSA) is 94.5 Å². The number of hydrogen-bond donors (Lipinski definition) is 0. The summed E-state index contributed by atoms with van der Waals surface area (Å²) in [6.07, 6.45) is 21.5. The largest absolute Gasteiger partial charge is 0.429 e. The molecule has 4 heterocycles. The molecule has 9 heteroatoms. The molecule has 66 heavy (non-hydrogen) atoms. The molecular weight excluding hydrogens is 837 g/mol. The predicted octanol–water partition coefficient (Wildman–Crippen LogP) is 15.5. The van der Waals surface area contributed by atoms with Crippen molar-refractivity contribution in [1.29, 1.82) is 0 Å². The van der Waals surface area contributed by atoms with Gasteiger partial charge in [0.25, 0.3) is 12.9 Å². The van der Waals surface area contributed by atoms with E-state index < -0.39 is 0 Å². The number of thiophene rings is 1. The average Bonchev–Trinajstić information content (AvgIpc) is 3.79. The third-order valence-corrected chi connectivity index (χ3v) is 13.3. The van der Waals surface area contributed by atoms with E-state index in [1.807, 2.05) is 12.3 Å². The lowest BCUT2D eigenvalue weighted by molar-refractivity contribution is -0.121. The van der Waals surface area contributed by atoms with Gasteiger partial charge in [-0.1, -0.05) is 115 Å². The standard InChI is InChI=1S/C57H62N4O4S/c1-4-7-10-13-16-42-19-26-47(27-20-42)61(48-28-21-43(22-29-48)17-14-11-8-5-2)49-30-23-44(24-31-49)57-45(18-15-12-9-6-3)35-56(66-57)46-25-32-52(59-39-46)54-37-51(65-41-63)38-55(60-54)53-36-50(64-40-62)33-34-58-53/h19-41H,4-18H2,1-3H3. The molecule has 0 radical (unpaired) electrons. The smallest absolute Gasteiger partial charge is 0.298 e. The Bertz CT molecular complexity index is 2530. The van der Waals surface area contributed by atoms with Crippen LogP contribution in [-0.4, -0.2) is 27.9 Å². The summed E-state index contributed by atoms with van der Waals surface area (Å²) in [5.74, 6) is 0.615. The van der Waals surface area contributed by atoms with Gasteiger partial charge in [-0.05, 0) is 121 Å². The highest BCUT2D eigenvalue weighted by atomic mass is 32.1. The van der Waals surface area contributed by atoms with Gasteiger partial charge in [-0.15, -0.1) is 11.3 Å². The normalized spacial score (nSPS) is 11.1. The Morgan fingerprint density at radius 1 is 0.500 bits per heavy atom. The SMILES string of the molecule is CCCCCCc1ccc(N(c2ccc(CCCCCC)cc2)c2ccc(-c3sc(-c4ccc(-c5cc(OC=O)cc(-c6cc(OC=O)ccn6)n5)nc4)cc3CCCCCC)cc2)cc1. The molecule has 0 atom stereocenters. The number of pyridine rings is 3. The fourth-order valence-corrected chi connectivity index (χ4v) is 9.56. The Morgan fingerprint density at radius 3 is 1.56 bits per heavy atom. The lowest BCUT2D eigenvalue weighted by atomic mass is 10.0. The van der Waals surface area contributed by atoms with E-state index in [4.69, 9.17) is 19.4 Å². The number of anilines is 3. The molecule has 0 aliphatic rings. The molecule has 0 unspecified atom stereocenters. The number of ether oxygens (including phenoxy) is 2. The van der Waals surface area contributed by atoms with E-state index >= 15 is 0 Å². The number of benzene rings is 3. The van der Waals surface area contributed by atoms with Gasteiger partial charge < -0.3 is 14.4 Å². The first-order valence-electron chi connectivity index (χ1n) is 23.9. The van der Waals surface area contributed by atoms with Gasteiger partial charge in [-0.25, -0.2) is 4.98 Å². The maximum Gasteiger partial charge on any atom is 0.298 e. The van der Waals surface area contributed by atoms with Gasteiger partial charge in [0, 0.05) is 63.0 Å². The van der Waals surface area contributed by atoms with E-state index in [2.05, 4.69) is 116 Å². The first-order chi connectivity index (χ1) is 32.5. The molecule has 0 saturated heterocycles. The molecule has 0 spiro atoms. The molecule has 0 bridgehead atoms. The molecule has 0 aliphatic carbocycles. The number of hydrogen-bond acceptors (Lipinski definition) is 9. The zero-order valence-corrected chi connectivity index (χ0v) is 39.5. The third kappa shape index (κ3) is 12.9. The minimum absolute atomic E-state index is 0.293. The fraction of sp³-hybridized carbons (Fsp3) is 0.316. The van der Waals surface area contributed by atoms with Gasteiger partial charge in [-0.3, -0.25) is 19.6 Å². The molecule has 340 valence electrons. The van der Waals surface area contributed by atoms with Crippen molar-refractivity contribution >= 4 is 41.3 Å². The van der Waals surface area contributed by atoms with Crippen LogP contribution in [0.2, 0.25) is 0 Å². The first-order valence-corrected chi connectivity index (χ1v) is 24.7. The lowest BCUT2D eigenvalue weighted by Crippen LogP contribution is -2.10. The second kappa shape index (κ2) is 24.7. The lowest BCUT2D eigenvalue weighted by Gasteiger charge is -2.26. The van der Waals surface area contributed by atoms with E-state index in [0.717, 1.165) is 53.2 Å². The van der Waals surface area contributed by atoms with Crippen LogP contribution in [0.25, 0.3) is 43.7 Å². The minimum Gasteiger partial charge on any atom is -0.429 e. The van der Waals surface area contributed by atoms with Crippen LogP contribution in [0.4, 0.5) is 17.1 Å². The molecule has 0 aliphatic heterocycles. The summed E-state index contributed by atoms with van der Waals surface area (Å²) < 4.78 is 10.3. The maximum atomic E-state index is 11.4. The maximum absolute atomic E-state index is 11.4. The zero-order valence-electron chi connectivity index (χ0n) is 38.7. The molecule has 0 N–H and O–H groups in total. The van der Waals surface area contributed by atoms with Gasteiger partial charge in [0.2, 0.25) is 0 Å². The van der Waals surface area contributed by atoms with E-state index in [-0.39, 0.29) is 0 Å². The predicted molar refractivity (Wildman–Crippen MR) is 271 cm³/mol. The van der Waals surface area contributed by atoms with Crippen LogP contribution >= 0.6 is 11.3 Å². The van der Waals surface area contributed by atoms with Crippen molar-refractivity contribution in [2.45, 2.75) is 117 Å². The number of unbranched alkanes of at least 4 members (excludes halogenated alkanes) is 9. The molecule has 7 aromatic rings. The number of carbonyl (C=O) groups excluding carboxylic acids is 2. The van der Waals surface area contributed by atoms with E-state index in [9.17, 15) is 9.59 Å². The number of aromatic nitrogens is 3. The van der Waals surface area contributed by atoms with Crippen LogP contribution in [-0.2, 0) is 28.9 Å². The molecule has 7 rings (SSSR count). The second-order valence-electron chi connectivity index (χ2n) is 16.9. The Kier molecular flexibility index (Phi) is 17.8. The Labute approximate surface area is 395 Å². The molecular formula is C57H62N4O4S. The van der Waals surface area contributed by atoms with Crippen LogP contribution in [0.15, 0.2) is 128 Å². The van der Waals surface area contributed by atoms with E-state index in [0.29, 0.717) is 47.2 Å². The van der Waals surface area contributed by atoms with Crippen LogP contribution in [0.5, 0.6) is 11.5 Å². The molecule has 8 nitrogen and oxygen atoms in total. The first kappa shape index (κ1) is 47.5. The van der Waals surface area contributed by atoms with Gasteiger partial charge >= 0.3 is 0 Å². The van der Waals surface area contributed by atoms with E-state index in [1.54, 1.807) is 35.6 Å². The average molecular weight is 899 g/mol. The van der Waals surface area contributed by atoms with Crippen molar-refractivity contribution in [1.82, 2.24) is 15.0 Å². The molecule has 0 amide bonds. The van der Waals surface area contributed by atoms with Crippen LogP contribution in [0.1, 0.15) is 115 Å². The summed E-state index contributed by atoms with van der Waals surface area (Å²) in [5, 5.41) is 0. The highest BCUT2D eigenvalue weighted by Crippen LogP contribution is 2.42.